The van der Waals surface area contributed by atoms with E-state index in [1.807, 2.05) is 31.2 Å². The first-order valence-electron chi connectivity index (χ1n) is 7.91. The van der Waals surface area contributed by atoms with Gasteiger partial charge >= 0.3 is 0 Å². The molecule has 1 aromatic carbocycles. The molecule has 1 aromatic heterocycles. The van der Waals surface area contributed by atoms with Crippen molar-refractivity contribution < 1.29 is 0 Å². The number of benzene rings is 1. The highest BCUT2D eigenvalue weighted by molar-refractivity contribution is 5.74. The van der Waals surface area contributed by atoms with Crippen molar-refractivity contribution >= 4 is 0 Å². The largest absolute Gasteiger partial charge is 0.324 e. The van der Waals surface area contributed by atoms with E-state index >= 15 is 0 Å². The summed E-state index contributed by atoms with van der Waals surface area (Å²) in [6.07, 6.45) is 4.17. The van der Waals surface area contributed by atoms with Crippen LogP contribution in [-0.2, 0) is 6.42 Å². The summed E-state index contributed by atoms with van der Waals surface area (Å²) in [6, 6.07) is 10.2. The third-order valence-electron chi connectivity index (χ3n) is 4.68. The van der Waals surface area contributed by atoms with Gasteiger partial charge in [0.25, 0.3) is 5.56 Å². The van der Waals surface area contributed by atoms with Crippen molar-refractivity contribution in [3.05, 3.63) is 57.0 Å². The summed E-state index contributed by atoms with van der Waals surface area (Å²) < 4.78 is 0. The van der Waals surface area contributed by atoms with Crippen LogP contribution in [0.5, 0.6) is 0 Å². The first-order valence-corrected chi connectivity index (χ1v) is 7.91. The highest BCUT2D eigenvalue weighted by Crippen LogP contribution is 2.38. The van der Waals surface area contributed by atoms with Crippen molar-refractivity contribution in [1.82, 2.24) is 4.98 Å². The first kappa shape index (κ1) is 14.6. The molecule has 1 atom stereocenters. The van der Waals surface area contributed by atoms with Crippen LogP contribution in [0.1, 0.15) is 54.5 Å². The maximum absolute atomic E-state index is 12.4. The molecule has 0 amide bonds. The minimum atomic E-state index is -0.253. The minimum absolute atomic E-state index is 0.249. The Morgan fingerprint density at radius 1 is 1.32 bits per heavy atom. The molecule has 112 valence electrons. The van der Waals surface area contributed by atoms with E-state index in [1.54, 1.807) is 0 Å². The second-order valence-electron chi connectivity index (χ2n) is 6.07. The molecule has 1 N–H and O–H groups in total. The molecule has 0 spiro atoms. The van der Waals surface area contributed by atoms with Crippen LogP contribution in [-0.4, -0.2) is 4.98 Å². The van der Waals surface area contributed by atoms with E-state index < -0.39 is 0 Å². The summed E-state index contributed by atoms with van der Waals surface area (Å²) in [4.78, 5) is 15.4. The molecule has 0 bridgehead atoms. The fourth-order valence-electron chi connectivity index (χ4n) is 3.49. The topological polar surface area (TPSA) is 56.6 Å². The van der Waals surface area contributed by atoms with Crippen molar-refractivity contribution in [2.45, 2.75) is 45.4 Å². The lowest BCUT2D eigenvalue weighted by atomic mass is 9.80. The fourth-order valence-corrected chi connectivity index (χ4v) is 3.49. The van der Waals surface area contributed by atoms with Gasteiger partial charge in [-0.1, -0.05) is 36.8 Å². The van der Waals surface area contributed by atoms with E-state index in [0.717, 1.165) is 48.1 Å². The molecule has 0 saturated carbocycles. The Balaban J connectivity index is 2.32. The lowest BCUT2D eigenvalue weighted by Gasteiger charge is -2.26. The summed E-state index contributed by atoms with van der Waals surface area (Å²) in [6.45, 7) is 4.19. The number of nitrogens with zero attached hydrogens (tertiary/aromatic N) is 1. The third-order valence-corrected chi connectivity index (χ3v) is 4.68. The molecular formula is C19H20N2O. The van der Waals surface area contributed by atoms with Gasteiger partial charge in [0.1, 0.15) is 11.6 Å². The van der Waals surface area contributed by atoms with Gasteiger partial charge in [-0.15, -0.1) is 0 Å². The fraction of sp³-hybridized carbons (Fsp3) is 0.368. The van der Waals surface area contributed by atoms with Crippen LogP contribution >= 0.6 is 0 Å². The SMILES string of the molecule is CCC1CCCc2c1[nH]c(=O)c(C#N)c2-c1ccc(C)cc1. The second kappa shape index (κ2) is 5.81. The molecular weight excluding hydrogens is 272 g/mol. The molecule has 3 nitrogen and oxygen atoms in total. The van der Waals surface area contributed by atoms with E-state index in [0.29, 0.717) is 5.92 Å². The number of pyridine rings is 1. The number of hydrogen-bond donors (Lipinski definition) is 1. The summed E-state index contributed by atoms with van der Waals surface area (Å²) in [5.74, 6) is 0.397. The second-order valence-corrected chi connectivity index (χ2v) is 6.07. The van der Waals surface area contributed by atoms with Gasteiger partial charge < -0.3 is 4.98 Å². The molecule has 1 aliphatic rings. The quantitative estimate of drug-likeness (QED) is 0.907. The van der Waals surface area contributed by atoms with E-state index in [1.165, 1.54) is 5.56 Å². The number of fused-ring (bicyclic) bond motifs is 1. The summed E-state index contributed by atoms with van der Waals surface area (Å²) in [7, 11) is 0. The number of nitrogens with one attached hydrogen (secondary N) is 1. The average molecular weight is 292 g/mol. The van der Waals surface area contributed by atoms with Crippen LogP contribution < -0.4 is 5.56 Å². The van der Waals surface area contributed by atoms with Crippen molar-refractivity contribution in [2.24, 2.45) is 0 Å². The highest BCUT2D eigenvalue weighted by Gasteiger charge is 2.26. The normalized spacial score (nSPS) is 16.9. The lowest BCUT2D eigenvalue weighted by Crippen LogP contribution is -2.22. The Morgan fingerprint density at radius 3 is 2.68 bits per heavy atom. The Labute approximate surface area is 130 Å². The van der Waals surface area contributed by atoms with Gasteiger partial charge in [0.05, 0.1) is 0 Å². The van der Waals surface area contributed by atoms with Gasteiger partial charge in [-0.05, 0) is 49.7 Å². The molecule has 0 fully saturated rings. The van der Waals surface area contributed by atoms with Crippen LogP contribution in [0, 0.1) is 18.3 Å². The van der Waals surface area contributed by atoms with Crippen LogP contribution in [0.3, 0.4) is 0 Å². The molecule has 0 radical (unpaired) electrons. The van der Waals surface area contributed by atoms with E-state index in [9.17, 15) is 10.1 Å². The molecule has 1 aliphatic carbocycles. The molecule has 1 heterocycles. The van der Waals surface area contributed by atoms with Gasteiger partial charge in [-0.3, -0.25) is 4.79 Å². The van der Waals surface area contributed by atoms with Crippen LogP contribution in [0.25, 0.3) is 11.1 Å². The summed E-state index contributed by atoms with van der Waals surface area (Å²) >= 11 is 0. The molecule has 1 unspecified atom stereocenters. The average Bonchev–Trinajstić information content (AvgIpc) is 2.54. The number of nitriles is 1. The van der Waals surface area contributed by atoms with E-state index in [2.05, 4.69) is 18.0 Å². The zero-order valence-corrected chi connectivity index (χ0v) is 13.1. The number of aromatic amines is 1. The van der Waals surface area contributed by atoms with Crippen molar-refractivity contribution in [2.75, 3.05) is 0 Å². The smallest absolute Gasteiger partial charge is 0.266 e. The van der Waals surface area contributed by atoms with Gasteiger partial charge in [0.2, 0.25) is 0 Å². The minimum Gasteiger partial charge on any atom is -0.324 e. The van der Waals surface area contributed by atoms with Gasteiger partial charge in [0.15, 0.2) is 0 Å². The van der Waals surface area contributed by atoms with Crippen LogP contribution in [0.4, 0.5) is 0 Å². The number of aryl methyl sites for hydroxylation is 1. The number of rotatable bonds is 2. The Morgan fingerprint density at radius 2 is 2.05 bits per heavy atom. The monoisotopic (exact) mass is 292 g/mol. The maximum atomic E-state index is 12.4. The molecule has 2 aromatic rings. The van der Waals surface area contributed by atoms with E-state index in [-0.39, 0.29) is 11.1 Å². The molecule has 0 aliphatic heterocycles. The zero-order valence-electron chi connectivity index (χ0n) is 13.1. The first-order chi connectivity index (χ1) is 10.7. The number of H-pyrrole nitrogens is 1. The summed E-state index contributed by atoms with van der Waals surface area (Å²) in [5, 5.41) is 9.47. The standard InChI is InChI=1S/C19H20N2O/c1-3-13-5-4-6-15-17(14-9-7-12(2)8-10-14)16(11-20)19(22)21-18(13)15/h7-10,13H,3-6H2,1-2H3,(H,21,22). The predicted octanol–water partition coefficient (Wildman–Crippen LogP) is 4.05. The Bertz CT molecular complexity index is 794. The third kappa shape index (κ3) is 2.35. The number of aromatic nitrogens is 1. The summed E-state index contributed by atoms with van der Waals surface area (Å²) in [5.41, 5.74) is 5.20. The van der Waals surface area contributed by atoms with Crippen LogP contribution in [0.2, 0.25) is 0 Å². The molecule has 3 heteroatoms. The van der Waals surface area contributed by atoms with Gasteiger partial charge in [-0.2, -0.15) is 5.26 Å². The van der Waals surface area contributed by atoms with Crippen molar-refractivity contribution in [1.29, 1.82) is 5.26 Å². The van der Waals surface area contributed by atoms with Gasteiger partial charge in [-0.25, -0.2) is 0 Å². The van der Waals surface area contributed by atoms with Crippen molar-refractivity contribution in [3.63, 3.8) is 0 Å². The van der Waals surface area contributed by atoms with E-state index in [4.69, 9.17) is 0 Å². The Hall–Kier alpha value is -2.34. The molecule has 3 rings (SSSR count). The molecule has 0 saturated heterocycles. The maximum Gasteiger partial charge on any atom is 0.266 e. The molecule has 22 heavy (non-hydrogen) atoms. The Kier molecular flexibility index (Phi) is 3.85. The number of hydrogen-bond acceptors (Lipinski definition) is 2. The van der Waals surface area contributed by atoms with Crippen molar-refractivity contribution in [3.8, 4) is 17.2 Å². The predicted molar refractivity (Wildman–Crippen MR) is 87.9 cm³/mol. The zero-order chi connectivity index (χ0) is 15.7. The van der Waals surface area contributed by atoms with Crippen LogP contribution in [0.15, 0.2) is 29.1 Å². The lowest BCUT2D eigenvalue weighted by molar-refractivity contribution is 0.524. The van der Waals surface area contributed by atoms with Gasteiger partial charge in [0, 0.05) is 11.3 Å². The highest BCUT2D eigenvalue weighted by atomic mass is 16.1.